The fraction of sp³-hybridized carbons (Fsp3) is 0.333. The number of rotatable bonds is 6. The molecule has 0 saturated heterocycles. The predicted octanol–water partition coefficient (Wildman–Crippen LogP) is 5.83. The van der Waals surface area contributed by atoms with Crippen LogP contribution in [-0.2, 0) is 17.1 Å². The van der Waals surface area contributed by atoms with Gasteiger partial charge in [0, 0.05) is 24.3 Å². The summed E-state index contributed by atoms with van der Waals surface area (Å²) in [7, 11) is 1.23. The first-order chi connectivity index (χ1) is 15.1. The number of carbonyl (C=O) groups excluding carboxylic acids is 1. The molecule has 8 heteroatoms. The van der Waals surface area contributed by atoms with Crippen LogP contribution in [-0.4, -0.2) is 24.5 Å². The summed E-state index contributed by atoms with van der Waals surface area (Å²) in [4.78, 5) is 18.8. The maximum absolute atomic E-state index is 14.6. The molecule has 1 aromatic carbocycles. The minimum absolute atomic E-state index is 0.169. The standard InChI is InChI=1S/C24H24F4N2O2/c1-5-15(14(2)25)13-30-21-8-6-7-20(26)18(21)10-9-17(23(30)31)16-11-19(24(3,27)28)22(32-4)29-12-16/h5-8,11-12,17H,2,9-10,13H2,1,3-4H3/b15-5-. The van der Waals surface area contributed by atoms with Crippen molar-refractivity contribution in [1.29, 1.82) is 0 Å². The lowest BCUT2D eigenvalue weighted by molar-refractivity contribution is -0.120. The predicted molar refractivity (Wildman–Crippen MR) is 114 cm³/mol. The first-order valence-corrected chi connectivity index (χ1v) is 10.1. The first-order valence-electron chi connectivity index (χ1n) is 10.1. The fourth-order valence-corrected chi connectivity index (χ4v) is 3.88. The molecule has 32 heavy (non-hydrogen) atoms. The molecular formula is C24H24F4N2O2. The zero-order valence-corrected chi connectivity index (χ0v) is 18.1. The van der Waals surface area contributed by atoms with Gasteiger partial charge >= 0.3 is 0 Å². The molecule has 2 heterocycles. The van der Waals surface area contributed by atoms with E-state index in [1.54, 1.807) is 13.0 Å². The molecule has 1 aliphatic heterocycles. The highest BCUT2D eigenvalue weighted by molar-refractivity contribution is 6.00. The van der Waals surface area contributed by atoms with Gasteiger partial charge in [-0.25, -0.2) is 22.5 Å². The van der Waals surface area contributed by atoms with Gasteiger partial charge in [-0.15, -0.1) is 0 Å². The van der Waals surface area contributed by atoms with Crippen molar-refractivity contribution in [3.05, 3.63) is 77.0 Å². The van der Waals surface area contributed by atoms with Crippen LogP contribution >= 0.6 is 0 Å². The third-order valence-electron chi connectivity index (χ3n) is 5.60. The minimum Gasteiger partial charge on any atom is -0.481 e. The molecule has 2 aromatic rings. The lowest BCUT2D eigenvalue weighted by Crippen LogP contribution is -2.36. The number of ether oxygens (including phenoxy) is 1. The number of hydrogen-bond donors (Lipinski definition) is 0. The van der Waals surface area contributed by atoms with Crippen LogP contribution in [0.1, 0.15) is 42.9 Å². The number of amides is 1. The Labute approximate surface area is 184 Å². The van der Waals surface area contributed by atoms with Gasteiger partial charge < -0.3 is 9.64 Å². The molecule has 1 atom stereocenters. The lowest BCUT2D eigenvalue weighted by Gasteiger charge is -2.27. The van der Waals surface area contributed by atoms with E-state index in [0.717, 1.165) is 0 Å². The number of alkyl halides is 2. The molecule has 1 aromatic heterocycles. The second-order valence-electron chi connectivity index (χ2n) is 7.69. The summed E-state index contributed by atoms with van der Waals surface area (Å²) < 4.78 is 61.8. The molecule has 0 aliphatic carbocycles. The molecule has 1 amide bonds. The van der Waals surface area contributed by atoms with Crippen molar-refractivity contribution in [2.24, 2.45) is 0 Å². The third-order valence-corrected chi connectivity index (χ3v) is 5.60. The molecule has 4 nitrogen and oxygen atoms in total. The van der Waals surface area contributed by atoms with Gasteiger partial charge in [0.25, 0.3) is 5.92 Å². The largest absolute Gasteiger partial charge is 0.481 e. The smallest absolute Gasteiger partial charge is 0.275 e. The second kappa shape index (κ2) is 9.14. The van der Waals surface area contributed by atoms with E-state index in [0.29, 0.717) is 18.2 Å². The van der Waals surface area contributed by atoms with E-state index in [4.69, 9.17) is 4.74 Å². The number of benzene rings is 1. The van der Waals surface area contributed by atoms with Crippen molar-refractivity contribution in [3.8, 4) is 5.88 Å². The molecule has 0 N–H and O–H groups in total. The van der Waals surface area contributed by atoms with Crippen molar-refractivity contribution in [1.82, 2.24) is 4.98 Å². The molecule has 0 spiro atoms. The number of methoxy groups -OCH3 is 1. The second-order valence-corrected chi connectivity index (χ2v) is 7.69. The van der Waals surface area contributed by atoms with Gasteiger partial charge in [-0.3, -0.25) is 4.79 Å². The van der Waals surface area contributed by atoms with Crippen LogP contribution in [0, 0.1) is 5.82 Å². The molecule has 0 fully saturated rings. The Hall–Kier alpha value is -3.16. The van der Waals surface area contributed by atoms with Crippen LogP contribution in [0.2, 0.25) is 0 Å². The van der Waals surface area contributed by atoms with Crippen molar-refractivity contribution < 1.29 is 27.1 Å². The highest BCUT2D eigenvalue weighted by Crippen LogP contribution is 2.39. The van der Waals surface area contributed by atoms with Gasteiger partial charge in [-0.05, 0) is 43.5 Å². The number of anilines is 1. The molecule has 3 rings (SSSR count). The highest BCUT2D eigenvalue weighted by atomic mass is 19.3. The summed E-state index contributed by atoms with van der Waals surface area (Å²) in [6, 6.07) is 5.55. The maximum Gasteiger partial charge on any atom is 0.275 e. The zero-order valence-electron chi connectivity index (χ0n) is 18.1. The number of aromatic nitrogens is 1. The molecule has 1 unspecified atom stereocenters. The average Bonchev–Trinajstić information content (AvgIpc) is 2.88. The third kappa shape index (κ3) is 4.54. The Kier molecular flexibility index (Phi) is 6.71. The number of carbonyl (C=O) groups is 1. The Morgan fingerprint density at radius 3 is 2.72 bits per heavy atom. The van der Waals surface area contributed by atoms with Gasteiger partial charge in [-0.2, -0.15) is 0 Å². The summed E-state index contributed by atoms with van der Waals surface area (Å²) in [5.74, 6) is -6.03. The van der Waals surface area contributed by atoms with Gasteiger partial charge in [0.15, 0.2) is 0 Å². The number of pyridine rings is 1. The van der Waals surface area contributed by atoms with E-state index in [-0.39, 0.29) is 36.4 Å². The van der Waals surface area contributed by atoms with Gasteiger partial charge in [0.05, 0.1) is 30.8 Å². The van der Waals surface area contributed by atoms with Crippen molar-refractivity contribution >= 4 is 11.6 Å². The quantitative estimate of drug-likeness (QED) is 0.412. The first kappa shape index (κ1) is 23.5. The normalized spacial score (nSPS) is 17.1. The topological polar surface area (TPSA) is 42.4 Å². The lowest BCUT2D eigenvalue weighted by atomic mass is 9.92. The van der Waals surface area contributed by atoms with E-state index >= 15 is 0 Å². The minimum atomic E-state index is -3.25. The summed E-state index contributed by atoms with van der Waals surface area (Å²) in [5, 5.41) is 0. The highest BCUT2D eigenvalue weighted by Gasteiger charge is 2.36. The van der Waals surface area contributed by atoms with Crippen LogP contribution in [0.4, 0.5) is 23.2 Å². The molecular weight excluding hydrogens is 424 g/mol. The molecule has 0 bridgehead atoms. The van der Waals surface area contributed by atoms with Gasteiger partial charge in [-0.1, -0.05) is 18.7 Å². The number of fused-ring (bicyclic) bond motifs is 1. The molecule has 0 saturated carbocycles. The van der Waals surface area contributed by atoms with Crippen molar-refractivity contribution in [3.63, 3.8) is 0 Å². The monoisotopic (exact) mass is 448 g/mol. The Bertz CT molecular complexity index is 1080. The summed E-state index contributed by atoms with van der Waals surface area (Å²) >= 11 is 0. The molecule has 1 aliphatic rings. The number of nitrogens with zero attached hydrogens (tertiary/aromatic N) is 2. The SMILES string of the molecule is C=C(F)/C(=C\C)CN1C(=O)C(c2cnc(OC)c(C(C)(F)F)c2)CCc2c(F)cccc21. The van der Waals surface area contributed by atoms with E-state index in [2.05, 4.69) is 11.6 Å². The van der Waals surface area contributed by atoms with Crippen LogP contribution in [0.5, 0.6) is 5.88 Å². The summed E-state index contributed by atoms with van der Waals surface area (Å²) in [6.07, 6.45) is 3.17. The van der Waals surface area contributed by atoms with Crippen LogP contribution < -0.4 is 9.64 Å². The summed E-state index contributed by atoms with van der Waals surface area (Å²) in [6.45, 7) is 5.45. The van der Waals surface area contributed by atoms with Crippen LogP contribution in [0.15, 0.2) is 54.5 Å². The zero-order chi connectivity index (χ0) is 23.6. The van der Waals surface area contributed by atoms with E-state index in [9.17, 15) is 22.4 Å². The number of hydrogen-bond acceptors (Lipinski definition) is 3. The Balaban J connectivity index is 2.12. The number of halogens is 4. The van der Waals surface area contributed by atoms with Gasteiger partial charge in [0.2, 0.25) is 11.8 Å². The Morgan fingerprint density at radius 2 is 2.12 bits per heavy atom. The fourth-order valence-electron chi connectivity index (χ4n) is 3.88. The Morgan fingerprint density at radius 1 is 1.41 bits per heavy atom. The van der Waals surface area contributed by atoms with Gasteiger partial charge in [0.1, 0.15) is 11.6 Å². The van der Waals surface area contributed by atoms with E-state index in [1.807, 2.05) is 0 Å². The van der Waals surface area contributed by atoms with E-state index in [1.165, 1.54) is 42.5 Å². The molecule has 170 valence electrons. The van der Waals surface area contributed by atoms with E-state index < -0.39 is 35.0 Å². The van der Waals surface area contributed by atoms with Crippen molar-refractivity contribution in [2.45, 2.75) is 38.5 Å². The maximum atomic E-state index is 14.6. The molecule has 0 radical (unpaired) electrons. The van der Waals surface area contributed by atoms with Crippen LogP contribution in [0.25, 0.3) is 0 Å². The number of allylic oxidation sites excluding steroid dienone is 1. The average molecular weight is 448 g/mol. The van der Waals surface area contributed by atoms with Crippen molar-refractivity contribution in [2.75, 3.05) is 18.6 Å². The van der Waals surface area contributed by atoms with Crippen LogP contribution in [0.3, 0.4) is 0 Å². The summed E-state index contributed by atoms with van der Waals surface area (Å²) in [5.41, 5.74) is 0.608.